The van der Waals surface area contributed by atoms with E-state index in [1.807, 2.05) is 19.9 Å². The fourth-order valence-corrected chi connectivity index (χ4v) is 4.26. The number of aromatic hydroxyl groups is 1. The van der Waals surface area contributed by atoms with E-state index in [-0.39, 0.29) is 17.5 Å². The van der Waals surface area contributed by atoms with E-state index in [2.05, 4.69) is 4.90 Å². The average Bonchev–Trinajstić information content (AvgIpc) is 2.73. The van der Waals surface area contributed by atoms with Crippen molar-refractivity contribution in [1.82, 2.24) is 4.90 Å². The minimum absolute atomic E-state index is 0.0901. The number of para-hydroxylation sites is 1. The Bertz CT molecular complexity index is 1050. The molecule has 0 saturated carbocycles. The molecule has 3 rings (SSSR count). The van der Waals surface area contributed by atoms with Crippen LogP contribution in [0.15, 0.2) is 54.0 Å². The molecule has 31 heavy (non-hydrogen) atoms. The van der Waals surface area contributed by atoms with Crippen LogP contribution in [-0.4, -0.2) is 34.2 Å². The Hall–Kier alpha value is -3.61. The summed E-state index contributed by atoms with van der Waals surface area (Å²) in [4.78, 5) is 13.6. The molecule has 1 aliphatic rings. The molecule has 8 N–H and O–H groups in total. The monoisotopic (exact) mass is 422 g/mol. The van der Waals surface area contributed by atoms with Crippen LogP contribution < -0.4 is 17.2 Å². The van der Waals surface area contributed by atoms with Crippen LogP contribution in [0.4, 0.5) is 0 Å². The summed E-state index contributed by atoms with van der Waals surface area (Å²) in [5.41, 5.74) is 23.0. The second-order valence-corrected chi connectivity index (χ2v) is 8.07. The van der Waals surface area contributed by atoms with E-state index in [9.17, 15) is 15.0 Å². The molecule has 7 heteroatoms. The van der Waals surface area contributed by atoms with E-state index < -0.39 is 5.97 Å². The van der Waals surface area contributed by atoms with Crippen LogP contribution in [0.2, 0.25) is 0 Å². The fraction of sp³-hybridized carbons (Fsp3) is 0.292. The van der Waals surface area contributed by atoms with Crippen molar-refractivity contribution in [3.63, 3.8) is 0 Å². The minimum Gasteiger partial charge on any atom is -0.507 e. The second kappa shape index (κ2) is 9.04. The summed E-state index contributed by atoms with van der Waals surface area (Å²) in [6.07, 6.45) is 3.63. The Morgan fingerprint density at radius 2 is 1.81 bits per heavy atom. The smallest absolute Gasteiger partial charge is 0.335 e. The van der Waals surface area contributed by atoms with Crippen molar-refractivity contribution < 1.29 is 15.0 Å². The third-order valence-corrected chi connectivity index (χ3v) is 5.85. The lowest BCUT2D eigenvalue weighted by molar-refractivity contribution is 0.0696. The number of phenols is 1. The molecule has 0 aliphatic carbocycles. The van der Waals surface area contributed by atoms with Crippen molar-refractivity contribution in [2.45, 2.75) is 32.6 Å². The summed E-state index contributed by atoms with van der Waals surface area (Å²) < 4.78 is 0. The number of aryl methyl sites for hydroxylation is 2. The summed E-state index contributed by atoms with van der Waals surface area (Å²) in [7, 11) is 0. The van der Waals surface area contributed by atoms with Gasteiger partial charge in [-0.3, -0.25) is 0 Å². The fourth-order valence-electron chi connectivity index (χ4n) is 4.26. The number of hydrogen-bond donors (Lipinski definition) is 5. The van der Waals surface area contributed by atoms with Gasteiger partial charge in [0.15, 0.2) is 0 Å². The summed E-state index contributed by atoms with van der Waals surface area (Å²) >= 11 is 0. The summed E-state index contributed by atoms with van der Waals surface area (Å²) in [5, 5.41) is 19.5. The first-order valence-electron chi connectivity index (χ1n) is 10.3. The van der Waals surface area contributed by atoms with Gasteiger partial charge in [-0.2, -0.15) is 0 Å². The van der Waals surface area contributed by atoms with E-state index in [0.29, 0.717) is 29.1 Å². The number of allylic oxidation sites excluding steroid dienone is 1. The normalized spacial score (nSPS) is 16.8. The maximum Gasteiger partial charge on any atom is 0.335 e. The number of hydrogen-bond acceptors (Lipinski definition) is 6. The standard InChI is InChI=1S/C24H30N4O3/c1-14-11-19(24(30)31)15(2)10-18(14)16-6-5-9-28(13-16)21(23(26)27)12-20(25)17-7-3-4-8-22(17)29/h3-4,7-8,10-12,16,29H,5-6,9,13,25-27H2,1-2H3,(H,30,31)/b20-12-. The lowest BCUT2D eigenvalue weighted by atomic mass is 9.85. The van der Waals surface area contributed by atoms with Crippen molar-refractivity contribution in [3.05, 3.63) is 81.8 Å². The van der Waals surface area contributed by atoms with Gasteiger partial charge in [-0.15, -0.1) is 0 Å². The molecule has 2 aromatic rings. The molecule has 2 aromatic carbocycles. The third-order valence-electron chi connectivity index (χ3n) is 5.85. The number of nitrogens with zero attached hydrogens (tertiary/aromatic N) is 1. The van der Waals surface area contributed by atoms with Gasteiger partial charge in [0, 0.05) is 30.3 Å². The molecule has 1 heterocycles. The highest BCUT2D eigenvalue weighted by Gasteiger charge is 2.25. The van der Waals surface area contributed by atoms with Gasteiger partial charge in [0.1, 0.15) is 11.6 Å². The number of aromatic carboxylic acids is 1. The Morgan fingerprint density at radius 3 is 2.45 bits per heavy atom. The quantitative estimate of drug-likeness (QED) is 0.467. The summed E-state index contributed by atoms with van der Waals surface area (Å²) in [5.74, 6) is -0.451. The predicted octanol–water partition coefficient (Wildman–Crippen LogP) is 2.97. The number of piperidine rings is 1. The number of carboxylic acids is 1. The molecule has 1 atom stereocenters. The highest BCUT2D eigenvalue weighted by atomic mass is 16.4. The molecule has 1 saturated heterocycles. The van der Waals surface area contributed by atoms with Gasteiger partial charge in [-0.25, -0.2) is 4.79 Å². The topological polar surface area (TPSA) is 139 Å². The van der Waals surface area contributed by atoms with Crippen molar-refractivity contribution in [2.75, 3.05) is 13.1 Å². The molecule has 0 aromatic heterocycles. The van der Waals surface area contributed by atoms with Crippen LogP contribution in [0.1, 0.15) is 51.4 Å². The molecule has 1 aliphatic heterocycles. The number of phenolic OH excluding ortho intramolecular Hbond substituents is 1. The first kappa shape index (κ1) is 22.1. The summed E-state index contributed by atoms with van der Waals surface area (Å²) in [6.45, 7) is 5.24. The predicted molar refractivity (Wildman–Crippen MR) is 122 cm³/mol. The van der Waals surface area contributed by atoms with Crippen LogP contribution in [-0.2, 0) is 0 Å². The van der Waals surface area contributed by atoms with Crippen molar-refractivity contribution in [1.29, 1.82) is 0 Å². The number of carboxylic acid groups (broad SMARTS) is 1. The first-order valence-corrected chi connectivity index (χ1v) is 10.3. The van der Waals surface area contributed by atoms with Gasteiger partial charge in [0.05, 0.1) is 11.3 Å². The Labute approximate surface area is 182 Å². The molecule has 0 spiro atoms. The van der Waals surface area contributed by atoms with Crippen LogP contribution in [0.3, 0.4) is 0 Å². The van der Waals surface area contributed by atoms with Crippen LogP contribution in [0.5, 0.6) is 5.75 Å². The SMILES string of the molecule is Cc1cc(C2CCCN(C(/C=C(\N)c3ccccc3O)=C(N)N)C2)c(C)cc1C(=O)O. The first-order chi connectivity index (χ1) is 14.7. The van der Waals surface area contributed by atoms with Crippen LogP contribution >= 0.6 is 0 Å². The lowest BCUT2D eigenvalue weighted by Gasteiger charge is -2.36. The van der Waals surface area contributed by atoms with E-state index in [1.54, 1.807) is 36.4 Å². The zero-order chi connectivity index (χ0) is 22.7. The van der Waals surface area contributed by atoms with Gasteiger partial charge in [-0.05, 0) is 67.7 Å². The largest absolute Gasteiger partial charge is 0.507 e. The van der Waals surface area contributed by atoms with Crippen molar-refractivity contribution in [2.24, 2.45) is 17.2 Å². The van der Waals surface area contributed by atoms with Gasteiger partial charge in [0.2, 0.25) is 0 Å². The molecule has 0 amide bonds. The van der Waals surface area contributed by atoms with Gasteiger partial charge in [-0.1, -0.05) is 18.2 Å². The zero-order valence-electron chi connectivity index (χ0n) is 17.9. The average molecular weight is 423 g/mol. The highest BCUT2D eigenvalue weighted by molar-refractivity contribution is 5.89. The van der Waals surface area contributed by atoms with Gasteiger partial charge < -0.3 is 32.3 Å². The molecule has 0 radical (unpaired) electrons. The van der Waals surface area contributed by atoms with Crippen LogP contribution in [0.25, 0.3) is 5.70 Å². The van der Waals surface area contributed by atoms with Gasteiger partial charge >= 0.3 is 5.97 Å². The van der Waals surface area contributed by atoms with Crippen LogP contribution in [0, 0.1) is 13.8 Å². The number of rotatable bonds is 5. The van der Waals surface area contributed by atoms with E-state index >= 15 is 0 Å². The Morgan fingerprint density at radius 1 is 1.10 bits per heavy atom. The van der Waals surface area contributed by atoms with E-state index in [0.717, 1.165) is 36.1 Å². The maximum absolute atomic E-state index is 11.4. The number of benzene rings is 2. The molecular weight excluding hydrogens is 392 g/mol. The molecule has 7 nitrogen and oxygen atoms in total. The molecular formula is C24H30N4O3. The Kier molecular flexibility index (Phi) is 6.44. The minimum atomic E-state index is -0.914. The van der Waals surface area contributed by atoms with E-state index in [4.69, 9.17) is 17.2 Å². The Balaban J connectivity index is 1.90. The lowest BCUT2D eigenvalue weighted by Crippen LogP contribution is -2.36. The molecule has 164 valence electrons. The third kappa shape index (κ3) is 4.77. The molecule has 0 bridgehead atoms. The van der Waals surface area contributed by atoms with Gasteiger partial charge in [0.25, 0.3) is 0 Å². The van der Waals surface area contributed by atoms with Crippen molar-refractivity contribution >= 4 is 11.7 Å². The zero-order valence-corrected chi connectivity index (χ0v) is 17.9. The maximum atomic E-state index is 11.4. The van der Waals surface area contributed by atoms with E-state index in [1.165, 1.54) is 0 Å². The number of likely N-dealkylation sites (tertiary alicyclic amines) is 1. The second-order valence-electron chi connectivity index (χ2n) is 8.07. The summed E-state index contributed by atoms with van der Waals surface area (Å²) in [6, 6.07) is 10.6. The number of carbonyl (C=O) groups is 1. The van der Waals surface area contributed by atoms with Crippen molar-refractivity contribution in [3.8, 4) is 5.75 Å². The highest BCUT2D eigenvalue weighted by Crippen LogP contribution is 2.33. The molecule has 1 unspecified atom stereocenters. The molecule has 1 fully saturated rings. The number of nitrogens with two attached hydrogens (primary N) is 3.